The van der Waals surface area contributed by atoms with Gasteiger partial charge in [-0.05, 0) is 51.5 Å². The summed E-state index contributed by atoms with van der Waals surface area (Å²) >= 11 is 0. The number of nitrogens with one attached hydrogen (secondary N) is 2. The molecule has 0 saturated carbocycles. The summed E-state index contributed by atoms with van der Waals surface area (Å²) in [6, 6.07) is 0.542. The molecule has 0 bridgehead atoms. The van der Waals surface area contributed by atoms with E-state index in [1.54, 1.807) is 0 Å². The summed E-state index contributed by atoms with van der Waals surface area (Å²) in [5.74, 6) is 0. The lowest BCUT2D eigenvalue weighted by Crippen LogP contribution is -2.53. The van der Waals surface area contributed by atoms with Crippen LogP contribution in [0.25, 0.3) is 0 Å². The standard InChI is InChI=1S/C17H36N2O/c1-6-9-17(5,7-2)12-15(20)13-18-14-8-10-19-16(3,4)11-14/h14-15,18-20H,6-13H2,1-5H3. The fourth-order valence-electron chi connectivity index (χ4n) is 3.52. The Hall–Kier alpha value is -0.120. The third-order valence-corrected chi connectivity index (χ3v) is 4.93. The van der Waals surface area contributed by atoms with Crippen LogP contribution in [0.15, 0.2) is 0 Å². The fourth-order valence-corrected chi connectivity index (χ4v) is 3.52. The normalized spacial score (nSPS) is 27.0. The molecule has 3 heteroatoms. The van der Waals surface area contributed by atoms with E-state index in [2.05, 4.69) is 45.3 Å². The first-order valence-corrected chi connectivity index (χ1v) is 8.47. The van der Waals surface area contributed by atoms with Gasteiger partial charge in [-0.2, -0.15) is 0 Å². The first kappa shape index (κ1) is 17.9. The molecular weight excluding hydrogens is 248 g/mol. The predicted octanol–water partition coefficient (Wildman–Crippen LogP) is 3.07. The van der Waals surface area contributed by atoms with E-state index in [0.29, 0.717) is 11.5 Å². The Morgan fingerprint density at radius 1 is 1.40 bits per heavy atom. The van der Waals surface area contributed by atoms with E-state index < -0.39 is 0 Å². The van der Waals surface area contributed by atoms with Gasteiger partial charge in [-0.3, -0.25) is 0 Å². The van der Waals surface area contributed by atoms with E-state index in [4.69, 9.17) is 0 Å². The van der Waals surface area contributed by atoms with Crippen molar-refractivity contribution in [3.8, 4) is 0 Å². The van der Waals surface area contributed by atoms with Gasteiger partial charge < -0.3 is 15.7 Å². The molecular formula is C17H36N2O. The lowest BCUT2D eigenvalue weighted by molar-refractivity contribution is 0.0900. The van der Waals surface area contributed by atoms with Crippen molar-refractivity contribution in [2.75, 3.05) is 13.1 Å². The molecule has 0 radical (unpaired) electrons. The minimum atomic E-state index is -0.218. The molecule has 20 heavy (non-hydrogen) atoms. The third kappa shape index (κ3) is 6.11. The average molecular weight is 284 g/mol. The highest BCUT2D eigenvalue weighted by atomic mass is 16.3. The van der Waals surface area contributed by atoms with Gasteiger partial charge in [0.2, 0.25) is 0 Å². The molecule has 0 aromatic heterocycles. The van der Waals surface area contributed by atoms with Crippen LogP contribution in [0.2, 0.25) is 0 Å². The van der Waals surface area contributed by atoms with Gasteiger partial charge in [0.05, 0.1) is 6.10 Å². The van der Waals surface area contributed by atoms with Crippen LogP contribution in [0, 0.1) is 5.41 Å². The molecule has 3 nitrogen and oxygen atoms in total. The highest BCUT2D eigenvalue weighted by molar-refractivity contribution is 4.90. The van der Waals surface area contributed by atoms with Gasteiger partial charge in [0.25, 0.3) is 0 Å². The highest BCUT2D eigenvalue weighted by Gasteiger charge is 2.28. The summed E-state index contributed by atoms with van der Waals surface area (Å²) in [5.41, 5.74) is 0.518. The van der Waals surface area contributed by atoms with Gasteiger partial charge >= 0.3 is 0 Å². The number of aliphatic hydroxyl groups is 1. The number of hydrogen-bond donors (Lipinski definition) is 3. The lowest BCUT2D eigenvalue weighted by atomic mass is 9.78. The second-order valence-electron chi connectivity index (χ2n) is 7.68. The molecule has 1 saturated heterocycles. The molecule has 0 amide bonds. The maximum Gasteiger partial charge on any atom is 0.0669 e. The summed E-state index contributed by atoms with van der Waals surface area (Å²) in [4.78, 5) is 0. The van der Waals surface area contributed by atoms with E-state index in [-0.39, 0.29) is 11.6 Å². The van der Waals surface area contributed by atoms with Crippen LogP contribution in [-0.4, -0.2) is 35.9 Å². The molecule has 0 aromatic rings. The van der Waals surface area contributed by atoms with Crippen LogP contribution < -0.4 is 10.6 Å². The maximum absolute atomic E-state index is 10.3. The third-order valence-electron chi connectivity index (χ3n) is 4.93. The Labute approximate surface area is 125 Å². The zero-order valence-corrected chi connectivity index (χ0v) is 14.3. The highest BCUT2D eigenvalue weighted by Crippen LogP contribution is 2.32. The smallest absolute Gasteiger partial charge is 0.0669 e. The van der Waals surface area contributed by atoms with Crippen LogP contribution in [0.1, 0.15) is 73.1 Å². The van der Waals surface area contributed by atoms with Crippen molar-refractivity contribution in [3.05, 3.63) is 0 Å². The van der Waals surface area contributed by atoms with Crippen molar-refractivity contribution >= 4 is 0 Å². The molecule has 1 heterocycles. The Bertz CT molecular complexity index is 280. The van der Waals surface area contributed by atoms with Crippen LogP contribution in [0.5, 0.6) is 0 Å². The van der Waals surface area contributed by atoms with Crippen molar-refractivity contribution in [1.82, 2.24) is 10.6 Å². The Kier molecular flexibility index (Phi) is 6.96. The van der Waals surface area contributed by atoms with E-state index in [1.165, 1.54) is 12.8 Å². The lowest BCUT2D eigenvalue weighted by Gasteiger charge is -2.38. The largest absolute Gasteiger partial charge is 0.392 e. The number of hydrogen-bond acceptors (Lipinski definition) is 3. The number of aliphatic hydroxyl groups excluding tert-OH is 1. The predicted molar refractivity (Wildman–Crippen MR) is 87.0 cm³/mol. The second kappa shape index (κ2) is 7.77. The van der Waals surface area contributed by atoms with Crippen LogP contribution in [0.3, 0.4) is 0 Å². The SMILES string of the molecule is CCCC(C)(CC)CC(O)CNC1CCNC(C)(C)C1. The van der Waals surface area contributed by atoms with Gasteiger partial charge in [0.15, 0.2) is 0 Å². The van der Waals surface area contributed by atoms with Crippen molar-refractivity contribution in [1.29, 1.82) is 0 Å². The van der Waals surface area contributed by atoms with E-state index in [0.717, 1.165) is 38.8 Å². The molecule has 3 atom stereocenters. The van der Waals surface area contributed by atoms with Crippen molar-refractivity contribution in [2.45, 2.75) is 90.8 Å². The Balaban J connectivity index is 2.33. The van der Waals surface area contributed by atoms with Gasteiger partial charge in [0, 0.05) is 18.1 Å². The van der Waals surface area contributed by atoms with Crippen LogP contribution in [0.4, 0.5) is 0 Å². The molecule has 0 aliphatic carbocycles. The monoisotopic (exact) mass is 284 g/mol. The second-order valence-corrected chi connectivity index (χ2v) is 7.68. The van der Waals surface area contributed by atoms with Crippen LogP contribution in [-0.2, 0) is 0 Å². The average Bonchev–Trinajstić information content (AvgIpc) is 2.35. The molecule has 1 aliphatic heterocycles. The first-order valence-electron chi connectivity index (χ1n) is 8.47. The van der Waals surface area contributed by atoms with Gasteiger partial charge in [-0.15, -0.1) is 0 Å². The maximum atomic E-state index is 10.3. The molecule has 1 rings (SSSR count). The molecule has 3 unspecified atom stereocenters. The van der Waals surface area contributed by atoms with Crippen molar-refractivity contribution < 1.29 is 5.11 Å². The number of rotatable bonds is 8. The minimum Gasteiger partial charge on any atom is -0.392 e. The first-order chi connectivity index (χ1) is 9.30. The molecule has 0 aromatic carbocycles. The quantitative estimate of drug-likeness (QED) is 0.642. The zero-order chi connectivity index (χ0) is 15.2. The summed E-state index contributed by atoms with van der Waals surface area (Å²) in [5, 5.41) is 17.4. The van der Waals surface area contributed by atoms with Gasteiger partial charge in [0.1, 0.15) is 0 Å². The van der Waals surface area contributed by atoms with E-state index in [9.17, 15) is 5.11 Å². The summed E-state index contributed by atoms with van der Waals surface area (Å²) in [6.45, 7) is 13.1. The summed E-state index contributed by atoms with van der Waals surface area (Å²) in [7, 11) is 0. The van der Waals surface area contributed by atoms with Gasteiger partial charge in [-0.25, -0.2) is 0 Å². The Morgan fingerprint density at radius 3 is 2.65 bits per heavy atom. The number of piperidine rings is 1. The topological polar surface area (TPSA) is 44.3 Å². The van der Waals surface area contributed by atoms with Crippen LogP contribution >= 0.6 is 0 Å². The minimum absolute atomic E-state index is 0.218. The zero-order valence-electron chi connectivity index (χ0n) is 14.3. The fraction of sp³-hybridized carbons (Fsp3) is 1.00. The van der Waals surface area contributed by atoms with E-state index in [1.807, 2.05) is 0 Å². The van der Waals surface area contributed by atoms with Crippen molar-refractivity contribution in [2.24, 2.45) is 5.41 Å². The van der Waals surface area contributed by atoms with E-state index >= 15 is 0 Å². The molecule has 1 fully saturated rings. The van der Waals surface area contributed by atoms with Gasteiger partial charge in [-0.1, -0.05) is 33.6 Å². The summed E-state index contributed by atoms with van der Waals surface area (Å²) in [6.07, 6.45) is 6.56. The summed E-state index contributed by atoms with van der Waals surface area (Å²) < 4.78 is 0. The molecule has 120 valence electrons. The molecule has 3 N–H and O–H groups in total. The molecule has 1 aliphatic rings. The molecule has 0 spiro atoms. The Morgan fingerprint density at radius 2 is 2.10 bits per heavy atom. The van der Waals surface area contributed by atoms with Crippen molar-refractivity contribution in [3.63, 3.8) is 0 Å².